The summed E-state index contributed by atoms with van der Waals surface area (Å²) in [6.45, 7) is 3.09. The number of carbonyl (C=O) groups excluding carboxylic acids is 2. The second-order valence-corrected chi connectivity index (χ2v) is 7.16. The fourth-order valence-corrected chi connectivity index (χ4v) is 3.36. The SMILES string of the molecule is O=C(NCCCC(=O)N1CCN(c2ccccc2O)CC1)c1ccc(Cl)cc1. The predicted octanol–water partition coefficient (Wildman–Crippen LogP) is 2.90. The number of amides is 2. The lowest BCUT2D eigenvalue weighted by Crippen LogP contribution is -2.48. The summed E-state index contributed by atoms with van der Waals surface area (Å²) in [6.07, 6.45) is 0.995. The van der Waals surface area contributed by atoms with Gasteiger partial charge in [0.05, 0.1) is 5.69 Å². The summed E-state index contributed by atoms with van der Waals surface area (Å²) < 4.78 is 0. The Morgan fingerprint density at radius 3 is 2.36 bits per heavy atom. The van der Waals surface area contributed by atoms with Gasteiger partial charge >= 0.3 is 0 Å². The number of benzene rings is 2. The van der Waals surface area contributed by atoms with E-state index >= 15 is 0 Å². The van der Waals surface area contributed by atoms with Gasteiger partial charge in [0, 0.05) is 49.7 Å². The van der Waals surface area contributed by atoms with E-state index in [9.17, 15) is 14.7 Å². The van der Waals surface area contributed by atoms with Crippen molar-refractivity contribution in [2.24, 2.45) is 0 Å². The summed E-state index contributed by atoms with van der Waals surface area (Å²) >= 11 is 5.81. The molecule has 1 aliphatic rings. The van der Waals surface area contributed by atoms with Crippen LogP contribution in [0.3, 0.4) is 0 Å². The highest BCUT2D eigenvalue weighted by atomic mass is 35.5. The number of anilines is 1. The first-order valence-corrected chi connectivity index (χ1v) is 9.77. The number of carbonyl (C=O) groups is 2. The molecule has 1 saturated heterocycles. The molecule has 28 heavy (non-hydrogen) atoms. The van der Waals surface area contributed by atoms with Crippen LogP contribution < -0.4 is 10.2 Å². The molecule has 0 saturated carbocycles. The minimum Gasteiger partial charge on any atom is -0.506 e. The molecular weight excluding hydrogens is 378 g/mol. The van der Waals surface area contributed by atoms with E-state index < -0.39 is 0 Å². The third kappa shape index (κ3) is 5.16. The third-order valence-corrected chi connectivity index (χ3v) is 5.07. The van der Waals surface area contributed by atoms with Crippen LogP contribution in [0.2, 0.25) is 5.02 Å². The van der Waals surface area contributed by atoms with E-state index in [4.69, 9.17) is 11.6 Å². The van der Waals surface area contributed by atoms with E-state index in [-0.39, 0.29) is 17.6 Å². The first kappa shape index (κ1) is 20.0. The number of hydrogen-bond donors (Lipinski definition) is 2. The number of hydrogen-bond acceptors (Lipinski definition) is 4. The van der Waals surface area contributed by atoms with E-state index in [2.05, 4.69) is 10.2 Å². The molecule has 3 rings (SSSR count). The van der Waals surface area contributed by atoms with Gasteiger partial charge in [-0.25, -0.2) is 0 Å². The first-order chi connectivity index (χ1) is 13.5. The van der Waals surface area contributed by atoms with Crippen LogP contribution in [0, 0.1) is 0 Å². The lowest BCUT2D eigenvalue weighted by atomic mass is 10.2. The van der Waals surface area contributed by atoms with Crippen molar-refractivity contribution < 1.29 is 14.7 Å². The number of nitrogens with zero attached hydrogens (tertiary/aromatic N) is 2. The quantitative estimate of drug-likeness (QED) is 0.730. The zero-order valence-electron chi connectivity index (χ0n) is 15.6. The minimum atomic E-state index is -0.166. The van der Waals surface area contributed by atoms with Crippen LogP contribution in [0.4, 0.5) is 5.69 Å². The fraction of sp³-hybridized carbons (Fsp3) is 0.333. The van der Waals surface area contributed by atoms with E-state index in [1.807, 2.05) is 17.0 Å². The van der Waals surface area contributed by atoms with Crippen LogP contribution in [0.25, 0.3) is 0 Å². The number of piperazine rings is 1. The highest BCUT2D eigenvalue weighted by Gasteiger charge is 2.22. The number of rotatable bonds is 6. The molecule has 0 bridgehead atoms. The number of halogens is 1. The molecular formula is C21H24ClN3O3. The highest BCUT2D eigenvalue weighted by molar-refractivity contribution is 6.30. The molecule has 2 aromatic rings. The summed E-state index contributed by atoms with van der Waals surface area (Å²) in [5.41, 5.74) is 1.36. The third-order valence-electron chi connectivity index (χ3n) is 4.81. The van der Waals surface area contributed by atoms with Crippen LogP contribution in [-0.2, 0) is 4.79 Å². The molecule has 7 heteroatoms. The number of nitrogens with one attached hydrogen (secondary N) is 1. The Kier molecular flexibility index (Phi) is 6.76. The molecule has 2 amide bonds. The second kappa shape index (κ2) is 9.46. The lowest BCUT2D eigenvalue weighted by molar-refractivity contribution is -0.131. The van der Waals surface area contributed by atoms with E-state index in [0.717, 1.165) is 5.69 Å². The largest absolute Gasteiger partial charge is 0.506 e. The standard InChI is InChI=1S/C21H24ClN3O3/c22-17-9-7-16(8-10-17)21(28)23-11-3-6-20(27)25-14-12-24(13-15-25)18-4-1-2-5-19(18)26/h1-2,4-5,7-10,26H,3,6,11-15H2,(H,23,28). The normalized spacial score (nSPS) is 14.0. The Hall–Kier alpha value is -2.73. The number of phenols is 1. The van der Waals surface area contributed by atoms with Gasteiger partial charge in [0.25, 0.3) is 5.91 Å². The van der Waals surface area contributed by atoms with Gasteiger partial charge in [-0.2, -0.15) is 0 Å². The summed E-state index contributed by atoms with van der Waals surface area (Å²) in [7, 11) is 0. The molecule has 1 fully saturated rings. The molecule has 0 aromatic heterocycles. The molecule has 0 atom stereocenters. The lowest BCUT2D eigenvalue weighted by Gasteiger charge is -2.36. The summed E-state index contributed by atoms with van der Waals surface area (Å²) in [6, 6.07) is 13.9. The molecule has 0 radical (unpaired) electrons. The molecule has 1 heterocycles. The molecule has 6 nitrogen and oxygen atoms in total. The smallest absolute Gasteiger partial charge is 0.251 e. The van der Waals surface area contributed by atoms with Gasteiger partial charge < -0.3 is 20.2 Å². The van der Waals surface area contributed by atoms with E-state index in [1.165, 1.54) is 0 Å². The average molecular weight is 402 g/mol. The van der Waals surface area contributed by atoms with Gasteiger partial charge in [-0.05, 0) is 42.8 Å². The Balaban J connectivity index is 1.37. The molecule has 1 aliphatic heterocycles. The Labute approximate surface area is 169 Å². The molecule has 0 unspecified atom stereocenters. The maximum Gasteiger partial charge on any atom is 0.251 e. The average Bonchev–Trinajstić information content (AvgIpc) is 2.72. The van der Waals surface area contributed by atoms with Crippen LogP contribution >= 0.6 is 11.6 Å². The van der Waals surface area contributed by atoms with Gasteiger partial charge in [0.15, 0.2) is 0 Å². The van der Waals surface area contributed by atoms with Crippen molar-refractivity contribution in [3.05, 3.63) is 59.1 Å². The monoisotopic (exact) mass is 401 g/mol. The highest BCUT2D eigenvalue weighted by Crippen LogP contribution is 2.27. The van der Waals surface area contributed by atoms with E-state index in [0.29, 0.717) is 56.2 Å². The van der Waals surface area contributed by atoms with Crippen molar-refractivity contribution in [1.29, 1.82) is 0 Å². The number of aromatic hydroxyl groups is 1. The van der Waals surface area contributed by atoms with Crippen LogP contribution in [0.1, 0.15) is 23.2 Å². The molecule has 2 N–H and O–H groups in total. The van der Waals surface area contributed by atoms with Gasteiger partial charge in [0.1, 0.15) is 5.75 Å². The molecule has 0 spiro atoms. The Morgan fingerprint density at radius 1 is 1.00 bits per heavy atom. The van der Waals surface area contributed by atoms with Crippen LogP contribution in [-0.4, -0.2) is 54.5 Å². The fourth-order valence-electron chi connectivity index (χ4n) is 3.23. The van der Waals surface area contributed by atoms with Crippen LogP contribution in [0.15, 0.2) is 48.5 Å². The van der Waals surface area contributed by atoms with Crippen molar-refractivity contribution in [1.82, 2.24) is 10.2 Å². The van der Waals surface area contributed by atoms with Crippen molar-refractivity contribution in [2.75, 3.05) is 37.6 Å². The number of phenolic OH excluding ortho intramolecular Hbond substituents is 1. The van der Waals surface area contributed by atoms with Gasteiger partial charge in [-0.1, -0.05) is 23.7 Å². The maximum absolute atomic E-state index is 12.4. The van der Waals surface area contributed by atoms with Crippen molar-refractivity contribution in [2.45, 2.75) is 12.8 Å². The summed E-state index contributed by atoms with van der Waals surface area (Å²) in [5, 5.41) is 13.4. The maximum atomic E-state index is 12.4. The predicted molar refractivity (Wildman–Crippen MR) is 110 cm³/mol. The zero-order valence-corrected chi connectivity index (χ0v) is 16.4. The van der Waals surface area contributed by atoms with Gasteiger partial charge in [0.2, 0.25) is 5.91 Å². The second-order valence-electron chi connectivity index (χ2n) is 6.72. The van der Waals surface area contributed by atoms with Gasteiger partial charge in [-0.15, -0.1) is 0 Å². The molecule has 2 aromatic carbocycles. The summed E-state index contributed by atoms with van der Waals surface area (Å²) in [4.78, 5) is 28.3. The van der Waals surface area contributed by atoms with Crippen molar-refractivity contribution in [3.63, 3.8) is 0 Å². The Bertz CT molecular complexity index is 818. The molecule has 0 aliphatic carbocycles. The van der Waals surface area contributed by atoms with Crippen LogP contribution in [0.5, 0.6) is 5.75 Å². The minimum absolute atomic E-state index is 0.0951. The summed E-state index contributed by atoms with van der Waals surface area (Å²) in [5.74, 6) is 0.191. The van der Waals surface area contributed by atoms with Crippen molar-refractivity contribution in [3.8, 4) is 5.75 Å². The van der Waals surface area contributed by atoms with Gasteiger partial charge in [-0.3, -0.25) is 9.59 Å². The topological polar surface area (TPSA) is 72.9 Å². The van der Waals surface area contributed by atoms with Crippen molar-refractivity contribution >= 4 is 29.1 Å². The Morgan fingerprint density at radius 2 is 1.68 bits per heavy atom. The van der Waals surface area contributed by atoms with E-state index in [1.54, 1.807) is 36.4 Å². The first-order valence-electron chi connectivity index (χ1n) is 9.39. The molecule has 148 valence electrons. The zero-order chi connectivity index (χ0) is 19.9. The number of para-hydroxylation sites is 2.